The molecule has 0 saturated heterocycles. The third-order valence-electron chi connectivity index (χ3n) is 3.78. The highest BCUT2D eigenvalue weighted by Crippen LogP contribution is 2.18. The Labute approximate surface area is 149 Å². The maximum absolute atomic E-state index is 12.7. The van der Waals surface area contributed by atoms with Crippen LogP contribution in [0.3, 0.4) is 0 Å². The van der Waals surface area contributed by atoms with E-state index in [4.69, 9.17) is 16.3 Å². The number of aromatic nitrogens is 2. The number of hydrogen-bond donors (Lipinski definition) is 1. The number of halogens is 1. The monoisotopic (exact) mass is 357 g/mol. The van der Waals surface area contributed by atoms with E-state index in [9.17, 15) is 9.59 Å². The van der Waals surface area contributed by atoms with Crippen LogP contribution in [0.4, 0.5) is 5.69 Å². The predicted octanol–water partition coefficient (Wildman–Crippen LogP) is 3.33. The number of hydrogen-bond acceptors (Lipinski definition) is 4. The molecule has 0 fully saturated rings. The fraction of sp³-hybridized carbons (Fsp3) is 0.167. The van der Waals surface area contributed by atoms with E-state index < -0.39 is 11.3 Å². The summed E-state index contributed by atoms with van der Waals surface area (Å²) in [6.45, 7) is 2.40. The van der Waals surface area contributed by atoms with Crippen molar-refractivity contribution >= 4 is 34.1 Å². The highest BCUT2D eigenvalue weighted by Gasteiger charge is 2.17. The summed E-state index contributed by atoms with van der Waals surface area (Å²) in [4.78, 5) is 25.2. The van der Waals surface area contributed by atoms with Crippen LogP contribution in [0.1, 0.15) is 17.4 Å². The van der Waals surface area contributed by atoms with Crippen molar-refractivity contribution in [2.45, 2.75) is 13.5 Å². The van der Waals surface area contributed by atoms with Gasteiger partial charge in [0, 0.05) is 17.3 Å². The van der Waals surface area contributed by atoms with E-state index in [0.717, 1.165) is 0 Å². The molecule has 7 heteroatoms. The number of amides is 1. The molecule has 2 aromatic carbocycles. The number of fused-ring (bicyclic) bond motifs is 1. The summed E-state index contributed by atoms with van der Waals surface area (Å²) in [6, 6.07) is 11.8. The first-order valence-corrected chi connectivity index (χ1v) is 8.07. The number of nitrogens with zero attached hydrogens (tertiary/aromatic N) is 2. The van der Waals surface area contributed by atoms with Gasteiger partial charge in [0.15, 0.2) is 5.69 Å². The van der Waals surface area contributed by atoms with Crippen molar-refractivity contribution in [2.75, 3.05) is 12.4 Å². The lowest BCUT2D eigenvalue weighted by atomic mass is 10.2. The van der Waals surface area contributed by atoms with Gasteiger partial charge >= 0.3 is 0 Å². The minimum absolute atomic E-state index is 0.174. The lowest BCUT2D eigenvalue weighted by Crippen LogP contribution is -2.27. The average Bonchev–Trinajstić information content (AvgIpc) is 2.63. The number of carbonyl (C=O) groups is 1. The number of carbonyl (C=O) groups excluding carboxylic acids is 1. The second-order valence-corrected chi connectivity index (χ2v) is 5.77. The molecule has 0 atom stereocenters. The number of ether oxygens (including phenoxy) is 1. The Kier molecular flexibility index (Phi) is 4.72. The molecule has 0 spiro atoms. The minimum Gasteiger partial charge on any atom is -0.497 e. The molecule has 0 unspecified atom stereocenters. The second kappa shape index (κ2) is 6.94. The van der Waals surface area contributed by atoms with E-state index in [1.165, 1.54) is 0 Å². The molecular formula is C18H16ClN3O3. The smallest absolute Gasteiger partial charge is 0.280 e. The molecule has 1 aromatic heterocycles. The van der Waals surface area contributed by atoms with Gasteiger partial charge in [0.2, 0.25) is 5.43 Å². The maximum Gasteiger partial charge on any atom is 0.280 e. The van der Waals surface area contributed by atoms with E-state index in [1.807, 2.05) is 6.92 Å². The molecule has 128 valence electrons. The van der Waals surface area contributed by atoms with Crippen molar-refractivity contribution in [3.05, 3.63) is 63.4 Å². The fourth-order valence-corrected chi connectivity index (χ4v) is 2.69. The van der Waals surface area contributed by atoms with E-state index in [-0.39, 0.29) is 5.69 Å². The van der Waals surface area contributed by atoms with E-state index in [1.54, 1.807) is 54.3 Å². The molecule has 0 radical (unpaired) electrons. The number of methoxy groups -OCH3 is 1. The van der Waals surface area contributed by atoms with Crippen molar-refractivity contribution in [1.82, 2.24) is 9.78 Å². The van der Waals surface area contributed by atoms with Gasteiger partial charge < -0.3 is 10.1 Å². The molecule has 1 amide bonds. The summed E-state index contributed by atoms with van der Waals surface area (Å²) >= 11 is 6.00. The lowest BCUT2D eigenvalue weighted by molar-refractivity contribution is 0.101. The molecular weight excluding hydrogens is 342 g/mol. The lowest BCUT2D eigenvalue weighted by Gasteiger charge is -2.11. The summed E-state index contributed by atoms with van der Waals surface area (Å²) in [5, 5.41) is 7.68. The number of anilines is 1. The van der Waals surface area contributed by atoms with Crippen LogP contribution in [0.5, 0.6) is 5.75 Å². The molecule has 3 rings (SSSR count). The number of aryl methyl sites for hydroxylation is 1. The molecule has 0 aliphatic rings. The minimum atomic E-state index is -0.570. The van der Waals surface area contributed by atoms with Crippen LogP contribution in [0.15, 0.2) is 47.3 Å². The van der Waals surface area contributed by atoms with Gasteiger partial charge in [0.1, 0.15) is 5.75 Å². The van der Waals surface area contributed by atoms with Gasteiger partial charge in [-0.2, -0.15) is 5.10 Å². The van der Waals surface area contributed by atoms with Gasteiger partial charge in [-0.1, -0.05) is 11.6 Å². The predicted molar refractivity (Wildman–Crippen MR) is 97.6 cm³/mol. The Bertz CT molecular complexity index is 997. The van der Waals surface area contributed by atoms with E-state index in [2.05, 4.69) is 10.4 Å². The fourth-order valence-electron chi connectivity index (χ4n) is 2.52. The standard InChI is InChI=1S/C18H16ClN3O3/c1-3-22-15-9-4-11(19)10-14(15)17(23)16(21-22)18(24)20-12-5-7-13(25-2)8-6-12/h4-10H,3H2,1-2H3,(H,20,24). The quantitative estimate of drug-likeness (QED) is 0.777. The third-order valence-corrected chi connectivity index (χ3v) is 4.01. The Hall–Kier alpha value is -2.86. The Morgan fingerprint density at radius 1 is 1.24 bits per heavy atom. The summed E-state index contributed by atoms with van der Waals surface area (Å²) in [7, 11) is 1.56. The first-order valence-electron chi connectivity index (χ1n) is 7.69. The van der Waals surface area contributed by atoms with Crippen LogP contribution in [0.2, 0.25) is 5.02 Å². The van der Waals surface area contributed by atoms with Gasteiger partial charge in [-0.15, -0.1) is 0 Å². The largest absolute Gasteiger partial charge is 0.497 e. The van der Waals surface area contributed by atoms with Crippen molar-refractivity contribution in [1.29, 1.82) is 0 Å². The Balaban J connectivity index is 2.03. The first kappa shape index (κ1) is 17.0. The van der Waals surface area contributed by atoms with Crippen LogP contribution in [0, 0.1) is 0 Å². The summed E-state index contributed by atoms with van der Waals surface area (Å²) < 4.78 is 6.68. The third kappa shape index (κ3) is 3.34. The van der Waals surface area contributed by atoms with Gasteiger partial charge in [0.05, 0.1) is 18.0 Å². The van der Waals surface area contributed by atoms with Gasteiger partial charge in [-0.05, 0) is 49.4 Å². The molecule has 1 heterocycles. The van der Waals surface area contributed by atoms with Crippen LogP contribution in [-0.2, 0) is 6.54 Å². The molecule has 0 aliphatic heterocycles. The number of rotatable bonds is 4. The highest BCUT2D eigenvalue weighted by atomic mass is 35.5. The summed E-state index contributed by atoms with van der Waals surface area (Å²) in [5.74, 6) is 0.101. The van der Waals surface area contributed by atoms with Gasteiger partial charge in [-0.25, -0.2) is 0 Å². The topological polar surface area (TPSA) is 73.2 Å². The first-order chi connectivity index (χ1) is 12.0. The molecule has 3 aromatic rings. The maximum atomic E-state index is 12.7. The molecule has 0 saturated carbocycles. The Morgan fingerprint density at radius 3 is 2.60 bits per heavy atom. The van der Waals surface area contributed by atoms with Crippen molar-refractivity contribution < 1.29 is 9.53 Å². The van der Waals surface area contributed by atoms with Crippen molar-refractivity contribution in [3.8, 4) is 5.75 Å². The molecule has 0 aliphatic carbocycles. The SMILES string of the molecule is CCn1nc(C(=O)Nc2ccc(OC)cc2)c(=O)c2cc(Cl)ccc21. The van der Waals surface area contributed by atoms with Gasteiger partial charge in [-0.3, -0.25) is 14.3 Å². The van der Waals surface area contributed by atoms with Crippen LogP contribution in [0.25, 0.3) is 10.9 Å². The van der Waals surface area contributed by atoms with Crippen molar-refractivity contribution in [2.24, 2.45) is 0 Å². The highest BCUT2D eigenvalue weighted by molar-refractivity contribution is 6.31. The molecule has 6 nitrogen and oxygen atoms in total. The molecule has 25 heavy (non-hydrogen) atoms. The number of nitrogens with one attached hydrogen (secondary N) is 1. The number of benzene rings is 2. The van der Waals surface area contributed by atoms with Crippen LogP contribution in [-0.4, -0.2) is 22.8 Å². The zero-order valence-electron chi connectivity index (χ0n) is 13.7. The van der Waals surface area contributed by atoms with E-state index in [0.29, 0.717) is 33.9 Å². The summed E-state index contributed by atoms with van der Waals surface area (Å²) in [6.07, 6.45) is 0. The van der Waals surface area contributed by atoms with Crippen LogP contribution < -0.4 is 15.5 Å². The van der Waals surface area contributed by atoms with Crippen LogP contribution >= 0.6 is 11.6 Å². The van der Waals surface area contributed by atoms with E-state index >= 15 is 0 Å². The zero-order chi connectivity index (χ0) is 18.0. The average molecular weight is 358 g/mol. The second-order valence-electron chi connectivity index (χ2n) is 5.34. The molecule has 1 N–H and O–H groups in total. The summed E-state index contributed by atoms with van der Waals surface area (Å²) in [5.41, 5.74) is 0.555. The Morgan fingerprint density at radius 2 is 1.96 bits per heavy atom. The van der Waals surface area contributed by atoms with Gasteiger partial charge in [0.25, 0.3) is 5.91 Å². The zero-order valence-corrected chi connectivity index (χ0v) is 14.5. The normalized spacial score (nSPS) is 10.7. The van der Waals surface area contributed by atoms with Crippen molar-refractivity contribution in [3.63, 3.8) is 0 Å². The molecule has 0 bridgehead atoms.